The maximum absolute atomic E-state index is 13.5. The van der Waals surface area contributed by atoms with Gasteiger partial charge in [0.15, 0.2) is 0 Å². The number of sulfonamides is 1. The van der Waals surface area contributed by atoms with Gasteiger partial charge in [0.1, 0.15) is 11.3 Å². The number of aryl methyl sites for hydroxylation is 2. The van der Waals surface area contributed by atoms with Gasteiger partial charge in [-0.3, -0.25) is 14.5 Å². The normalized spacial score (nSPS) is 19.7. The number of carbonyl (C=O) groups excluding carboxylic acids is 2. The molecule has 1 saturated heterocycles. The number of ether oxygens (including phenoxy) is 1. The van der Waals surface area contributed by atoms with Crippen molar-refractivity contribution in [1.29, 1.82) is 0 Å². The molecule has 2 aromatic rings. The van der Waals surface area contributed by atoms with E-state index >= 15 is 0 Å². The fourth-order valence-electron chi connectivity index (χ4n) is 3.83. The van der Waals surface area contributed by atoms with E-state index in [9.17, 15) is 18.0 Å². The average molecular weight is 460 g/mol. The van der Waals surface area contributed by atoms with E-state index in [1.54, 1.807) is 19.1 Å². The van der Waals surface area contributed by atoms with E-state index in [4.69, 9.17) is 4.74 Å². The van der Waals surface area contributed by atoms with Crippen molar-refractivity contribution in [1.82, 2.24) is 9.62 Å². The summed E-state index contributed by atoms with van der Waals surface area (Å²) in [6, 6.07) is 13.0. The summed E-state index contributed by atoms with van der Waals surface area (Å²) in [5.74, 6) is -0.531. The first-order valence-corrected chi connectivity index (χ1v) is 12.1. The summed E-state index contributed by atoms with van der Waals surface area (Å²) in [5.41, 5.74) is 1.82. The number of hydrogen-bond donors (Lipinski definition) is 1. The molecule has 0 unspecified atom stereocenters. The van der Waals surface area contributed by atoms with E-state index in [0.717, 1.165) is 27.3 Å². The molecule has 32 heavy (non-hydrogen) atoms. The van der Waals surface area contributed by atoms with Crippen molar-refractivity contribution in [2.24, 2.45) is 0 Å². The quantitative estimate of drug-likeness (QED) is 0.713. The third-order valence-electron chi connectivity index (χ3n) is 5.65. The van der Waals surface area contributed by atoms with Gasteiger partial charge in [-0.05, 0) is 44.0 Å². The highest BCUT2D eigenvalue weighted by molar-refractivity contribution is 7.88. The Bertz CT molecular complexity index is 1130. The third kappa shape index (κ3) is 4.78. The molecule has 1 aliphatic rings. The molecular weight excluding hydrogens is 430 g/mol. The molecule has 0 aromatic heterocycles. The van der Waals surface area contributed by atoms with Crippen LogP contribution in [0.25, 0.3) is 0 Å². The van der Waals surface area contributed by atoms with E-state index in [-0.39, 0.29) is 19.6 Å². The van der Waals surface area contributed by atoms with Gasteiger partial charge in [0.2, 0.25) is 21.8 Å². The Morgan fingerprint density at radius 2 is 1.75 bits per heavy atom. The molecule has 1 atom stereocenters. The molecule has 1 aliphatic heterocycles. The number of hydrogen-bond acceptors (Lipinski definition) is 5. The number of piperazine rings is 1. The Labute approximate surface area is 189 Å². The van der Waals surface area contributed by atoms with Gasteiger partial charge in [-0.25, -0.2) is 8.42 Å². The lowest BCUT2D eigenvalue weighted by atomic mass is 9.93. The van der Waals surface area contributed by atoms with E-state index in [0.29, 0.717) is 11.4 Å². The molecule has 0 aliphatic carbocycles. The van der Waals surface area contributed by atoms with Crippen LogP contribution in [0.1, 0.15) is 23.6 Å². The molecule has 1 fully saturated rings. The number of methoxy groups -OCH3 is 1. The molecule has 0 saturated carbocycles. The monoisotopic (exact) mass is 459 g/mol. The van der Waals surface area contributed by atoms with Gasteiger partial charge in [0, 0.05) is 13.1 Å². The van der Waals surface area contributed by atoms with Crippen LogP contribution in [0, 0.1) is 13.8 Å². The minimum Gasteiger partial charge on any atom is -0.495 e. The fourth-order valence-corrected chi connectivity index (χ4v) is 4.66. The molecule has 0 spiro atoms. The van der Waals surface area contributed by atoms with Crippen LogP contribution in [0.15, 0.2) is 42.5 Å². The zero-order chi connectivity index (χ0) is 23.7. The van der Waals surface area contributed by atoms with Gasteiger partial charge in [-0.15, -0.1) is 0 Å². The first-order valence-electron chi connectivity index (χ1n) is 10.2. The number of amides is 2. The number of nitrogens with zero attached hydrogens (tertiary/aromatic N) is 2. The van der Waals surface area contributed by atoms with E-state index < -0.39 is 27.4 Å². The lowest BCUT2D eigenvalue weighted by molar-refractivity contribution is -0.133. The Balaban J connectivity index is 2.02. The second kappa shape index (κ2) is 8.91. The van der Waals surface area contributed by atoms with Crippen LogP contribution >= 0.6 is 0 Å². The molecule has 8 nitrogen and oxygen atoms in total. The van der Waals surface area contributed by atoms with Crippen molar-refractivity contribution in [3.63, 3.8) is 0 Å². The van der Waals surface area contributed by atoms with Crippen molar-refractivity contribution in [2.45, 2.75) is 32.9 Å². The fraction of sp³-hybridized carbons (Fsp3) is 0.391. The van der Waals surface area contributed by atoms with Gasteiger partial charge in [0.25, 0.3) is 0 Å². The van der Waals surface area contributed by atoms with E-state index in [2.05, 4.69) is 5.32 Å². The largest absolute Gasteiger partial charge is 0.495 e. The number of rotatable bonds is 6. The van der Waals surface area contributed by atoms with Crippen LogP contribution in [0.3, 0.4) is 0 Å². The summed E-state index contributed by atoms with van der Waals surface area (Å²) < 4.78 is 31.0. The van der Waals surface area contributed by atoms with Crippen molar-refractivity contribution in [3.05, 3.63) is 59.2 Å². The van der Waals surface area contributed by atoms with Crippen LogP contribution in [-0.2, 0) is 26.2 Å². The molecule has 2 aromatic carbocycles. The van der Waals surface area contributed by atoms with Crippen LogP contribution in [0.2, 0.25) is 0 Å². The Kier molecular flexibility index (Phi) is 6.61. The SMILES string of the molecule is COc1ccc(C)cc1N1C(=O)CN(S(C)(=O)=O)C[C@@]1(C)C(=O)NCc1ccc(C)cc1. The summed E-state index contributed by atoms with van der Waals surface area (Å²) >= 11 is 0. The maximum Gasteiger partial charge on any atom is 0.247 e. The molecule has 9 heteroatoms. The molecular formula is C23H29N3O5S. The minimum absolute atomic E-state index is 0.172. The molecule has 3 rings (SSSR count). The molecule has 172 valence electrons. The average Bonchev–Trinajstić information content (AvgIpc) is 2.72. The van der Waals surface area contributed by atoms with E-state index in [1.165, 1.54) is 12.0 Å². The summed E-state index contributed by atoms with van der Waals surface area (Å²) in [4.78, 5) is 28.1. The van der Waals surface area contributed by atoms with Crippen molar-refractivity contribution < 1.29 is 22.7 Å². The number of benzene rings is 2. The number of nitrogens with one attached hydrogen (secondary N) is 1. The standard InChI is InChI=1S/C23H29N3O5S/c1-16-6-9-18(10-7-16)13-24-22(28)23(3)15-25(32(5,29)30)14-21(27)26(23)19-12-17(2)8-11-20(19)31-4/h6-12H,13-15H2,1-5H3,(H,24,28)/t23-/m0/s1. The predicted molar refractivity (Wildman–Crippen MR) is 123 cm³/mol. The van der Waals surface area contributed by atoms with Gasteiger partial charge in [-0.2, -0.15) is 4.31 Å². The zero-order valence-electron chi connectivity index (χ0n) is 19.0. The highest BCUT2D eigenvalue weighted by Gasteiger charge is 2.51. The first kappa shape index (κ1) is 23.7. The lowest BCUT2D eigenvalue weighted by Crippen LogP contribution is -2.70. The lowest BCUT2D eigenvalue weighted by Gasteiger charge is -2.46. The van der Waals surface area contributed by atoms with Gasteiger partial charge in [0.05, 0.1) is 25.6 Å². The molecule has 1 heterocycles. The highest BCUT2D eigenvalue weighted by atomic mass is 32.2. The smallest absolute Gasteiger partial charge is 0.247 e. The third-order valence-corrected chi connectivity index (χ3v) is 6.84. The molecule has 0 radical (unpaired) electrons. The van der Waals surface area contributed by atoms with Crippen LogP contribution < -0.4 is 15.0 Å². The maximum atomic E-state index is 13.5. The first-order chi connectivity index (χ1) is 15.0. The second-order valence-electron chi connectivity index (χ2n) is 8.38. The van der Waals surface area contributed by atoms with Gasteiger partial charge in [-0.1, -0.05) is 35.9 Å². The zero-order valence-corrected chi connectivity index (χ0v) is 19.8. The second-order valence-corrected chi connectivity index (χ2v) is 10.4. The Hall–Kier alpha value is -2.91. The van der Waals surface area contributed by atoms with E-state index in [1.807, 2.05) is 44.2 Å². The van der Waals surface area contributed by atoms with Crippen molar-refractivity contribution >= 4 is 27.5 Å². The minimum atomic E-state index is -3.69. The van der Waals surface area contributed by atoms with Gasteiger partial charge < -0.3 is 10.1 Å². The molecule has 1 N–H and O–H groups in total. The van der Waals surface area contributed by atoms with Gasteiger partial charge >= 0.3 is 0 Å². The van der Waals surface area contributed by atoms with Crippen molar-refractivity contribution in [2.75, 3.05) is 31.4 Å². The summed E-state index contributed by atoms with van der Waals surface area (Å²) in [5, 5.41) is 2.88. The Morgan fingerprint density at radius 3 is 2.34 bits per heavy atom. The highest BCUT2D eigenvalue weighted by Crippen LogP contribution is 2.37. The number of anilines is 1. The summed E-state index contributed by atoms with van der Waals surface area (Å²) in [6.07, 6.45) is 1.04. The van der Waals surface area contributed by atoms with Crippen LogP contribution in [-0.4, -0.2) is 56.5 Å². The summed E-state index contributed by atoms with van der Waals surface area (Å²) in [6.45, 7) is 5.15. The van der Waals surface area contributed by atoms with Crippen LogP contribution in [0.5, 0.6) is 5.75 Å². The molecule has 2 amide bonds. The van der Waals surface area contributed by atoms with Crippen LogP contribution in [0.4, 0.5) is 5.69 Å². The number of carbonyl (C=O) groups is 2. The van der Waals surface area contributed by atoms with Crippen molar-refractivity contribution in [3.8, 4) is 5.75 Å². The molecule has 0 bridgehead atoms. The topological polar surface area (TPSA) is 96.0 Å². The summed E-state index contributed by atoms with van der Waals surface area (Å²) in [7, 11) is -2.20. The Morgan fingerprint density at radius 1 is 1.12 bits per heavy atom. The predicted octanol–water partition coefficient (Wildman–Crippen LogP) is 2.00.